The average molecular weight is 550 g/mol. The number of thiazole rings is 1. The third kappa shape index (κ3) is 5.19. The monoisotopic (exact) mass is 549 g/mol. The molecule has 0 bridgehead atoms. The number of benzene rings is 1. The highest BCUT2D eigenvalue weighted by Crippen LogP contribution is 2.36. The van der Waals surface area contributed by atoms with Crippen molar-refractivity contribution < 1.29 is 9.18 Å². The molecule has 6 rings (SSSR count). The van der Waals surface area contributed by atoms with Gasteiger partial charge in [0.05, 0.1) is 17.4 Å². The highest BCUT2D eigenvalue weighted by atomic mass is 32.1. The molecule has 0 aliphatic carbocycles. The van der Waals surface area contributed by atoms with Gasteiger partial charge in [-0.15, -0.1) is 11.3 Å². The number of anilines is 2. The molecular formula is C29H36FN7OS. The van der Waals surface area contributed by atoms with Gasteiger partial charge in [0.2, 0.25) is 5.91 Å². The quantitative estimate of drug-likeness (QED) is 0.488. The molecule has 2 aromatic heterocycles. The molecule has 8 nitrogen and oxygen atoms in total. The summed E-state index contributed by atoms with van der Waals surface area (Å²) < 4.78 is 15.7. The van der Waals surface area contributed by atoms with E-state index in [9.17, 15) is 9.18 Å². The Morgan fingerprint density at radius 3 is 2.64 bits per heavy atom. The molecular weight excluding hydrogens is 513 g/mol. The number of fused-ring (bicyclic) bond motifs is 1. The molecule has 1 unspecified atom stereocenters. The van der Waals surface area contributed by atoms with Crippen LogP contribution in [0.3, 0.4) is 0 Å². The summed E-state index contributed by atoms with van der Waals surface area (Å²) in [4.78, 5) is 29.4. The summed E-state index contributed by atoms with van der Waals surface area (Å²) in [7, 11) is 2.05. The normalized spacial score (nSPS) is 19.6. The fraction of sp³-hybridized carbons (Fsp3) is 0.483. The van der Waals surface area contributed by atoms with E-state index in [0.717, 1.165) is 105 Å². The van der Waals surface area contributed by atoms with E-state index in [1.54, 1.807) is 23.5 Å². The van der Waals surface area contributed by atoms with Gasteiger partial charge in [0.25, 0.3) is 0 Å². The Balaban J connectivity index is 1.24. The number of rotatable bonds is 6. The summed E-state index contributed by atoms with van der Waals surface area (Å²) in [5.74, 6) is 2.15. The van der Waals surface area contributed by atoms with Crippen molar-refractivity contribution in [2.75, 3.05) is 44.7 Å². The van der Waals surface area contributed by atoms with Crippen LogP contribution in [0.5, 0.6) is 0 Å². The van der Waals surface area contributed by atoms with Crippen LogP contribution in [0.2, 0.25) is 0 Å². The second-order valence-corrected chi connectivity index (χ2v) is 11.4. The molecule has 3 aliphatic rings. The summed E-state index contributed by atoms with van der Waals surface area (Å²) in [5.41, 5.74) is 4.11. The van der Waals surface area contributed by atoms with E-state index in [1.807, 2.05) is 10.3 Å². The molecule has 0 spiro atoms. The van der Waals surface area contributed by atoms with Gasteiger partial charge in [-0.2, -0.15) is 0 Å². The van der Waals surface area contributed by atoms with Crippen molar-refractivity contribution in [3.63, 3.8) is 0 Å². The number of carbonyl (C=O) groups is 1. The zero-order valence-corrected chi connectivity index (χ0v) is 23.5. The van der Waals surface area contributed by atoms with Crippen LogP contribution in [0.25, 0.3) is 17.5 Å². The molecule has 1 aromatic carbocycles. The second-order valence-electron chi connectivity index (χ2n) is 10.5. The number of hydrogen-bond acceptors (Lipinski definition) is 7. The Hall–Kier alpha value is -3.24. The lowest BCUT2D eigenvalue weighted by Gasteiger charge is -2.38. The van der Waals surface area contributed by atoms with E-state index in [1.165, 1.54) is 17.8 Å². The Labute approximate surface area is 233 Å². The summed E-state index contributed by atoms with van der Waals surface area (Å²) in [5, 5.41) is 6.24. The number of hydrogen-bond donors (Lipinski definition) is 1. The van der Waals surface area contributed by atoms with Gasteiger partial charge in [-0.1, -0.05) is 6.92 Å². The third-order valence-corrected chi connectivity index (χ3v) is 8.98. The number of carbonyl (C=O) groups excluding carboxylic acids is 1. The maximum Gasteiger partial charge on any atom is 0.239 e. The van der Waals surface area contributed by atoms with E-state index in [2.05, 4.69) is 39.9 Å². The number of nitrogens with one attached hydrogen (secondary N) is 1. The molecule has 39 heavy (non-hydrogen) atoms. The van der Waals surface area contributed by atoms with Gasteiger partial charge >= 0.3 is 0 Å². The first-order valence-corrected chi connectivity index (χ1v) is 14.9. The summed E-state index contributed by atoms with van der Waals surface area (Å²) in [6, 6.07) is 6.48. The number of allylic oxidation sites excluding steroid dienone is 1. The summed E-state index contributed by atoms with van der Waals surface area (Å²) in [6.45, 7) is 6.33. The molecule has 1 atom stereocenters. The maximum absolute atomic E-state index is 13.4. The number of aryl methyl sites for hydroxylation is 2. The minimum atomic E-state index is -0.248. The van der Waals surface area contributed by atoms with E-state index in [-0.39, 0.29) is 17.8 Å². The summed E-state index contributed by atoms with van der Waals surface area (Å²) >= 11 is 1.58. The highest BCUT2D eigenvalue weighted by Gasteiger charge is 2.30. The first kappa shape index (κ1) is 26.0. The predicted molar refractivity (Wildman–Crippen MR) is 154 cm³/mol. The van der Waals surface area contributed by atoms with Crippen molar-refractivity contribution in [3.05, 3.63) is 52.7 Å². The smallest absolute Gasteiger partial charge is 0.239 e. The third-order valence-electron chi connectivity index (χ3n) is 8.07. The molecule has 206 valence electrons. The van der Waals surface area contributed by atoms with Crippen molar-refractivity contribution in [2.24, 2.45) is 0 Å². The first-order chi connectivity index (χ1) is 19.0. The van der Waals surface area contributed by atoms with Gasteiger partial charge in [-0.25, -0.2) is 14.4 Å². The number of nitrogens with zero attached hydrogens (tertiary/aromatic N) is 6. The topological polar surface area (TPSA) is 69.5 Å². The number of imidazole rings is 1. The molecule has 3 aliphatic heterocycles. The Morgan fingerprint density at radius 2 is 1.92 bits per heavy atom. The van der Waals surface area contributed by atoms with Crippen LogP contribution in [0.1, 0.15) is 44.1 Å². The van der Waals surface area contributed by atoms with Crippen LogP contribution in [-0.2, 0) is 17.6 Å². The highest BCUT2D eigenvalue weighted by molar-refractivity contribution is 7.14. The van der Waals surface area contributed by atoms with E-state index >= 15 is 0 Å². The number of piperazine rings is 1. The van der Waals surface area contributed by atoms with Gasteiger partial charge in [0.15, 0.2) is 5.13 Å². The first-order valence-electron chi connectivity index (χ1n) is 14.0. The fourth-order valence-corrected chi connectivity index (χ4v) is 6.70. The summed E-state index contributed by atoms with van der Waals surface area (Å²) in [6.07, 6.45) is 8.10. The SMILES string of the molecule is CCc1nc2n(c1N(C)c1nc(-c3ccc(F)cc3)cs1)C=C(N1CCN(C(=O)C3CCCN3)CC1)CCC2. The second kappa shape index (κ2) is 11.1. The van der Waals surface area contributed by atoms with Gasteiger partial charge < -0.3 is 20.0 Å². The molecule has 3 aromatic rings. The standard InChI is InChI=1S/C29H36FN7OS/c1-3-23-27(34(2)29-33-25(19-39-29)20-9-11-21(30)12-10-20)37-18-22(6-4-8-26(37)32-23)35-14-16-36(17-15-35)28(38)24-7-5-13-31-24/h9-12,18-19,24,31H,3-8,13-17H2,1-2H3. The van der Waals surface area contributed by atoms with Crippen LogP contribution < -0.4 is 10.2 Å². The van der Waals surface area contributed by atoms with Crippen LogP contribution in [0.15, 0.2) is 35.3 Å². The zero-order chi connectivity index (χ0) is 26.9. The van der Waals surface area contributed by atoms with Crippen LogP contribution in [0.4, 0.5) is 15.3 Å². The van der Waals surface area contributed by atoms with Crippen molar-refractivity contribution in [1.82, 2.24) is 29.7 Å². The van der Waals surface area contributed by atoms with Crippen molar-refractivity contribution in [3.8, 4) is 11.3 Å². The van der Waals surface area contributed by atoms with Crippen LogP contribution >= 0.6 is 11.3 Å². The van der Waals surface area contributed by atoms with E-state index < -0.39 is 0 Å². The lowest BCUT2D eigenvalue weighted by Crippen LogP contribution is -2.52. The number of amides is 1. The lowest BCUT2D eigenvalue weighted by atomic mass is 10.1. The predicted octanol–water partition coefficient (Wildman–Crippen LogP) is 4.51. The van der Waals surface area contributed by atoms with Gasteiger partial charge in [0, 0.05) is 62.5 Å². The molecule has 0 radical (unpaired) electrons. The Kier molecular flexibility index (Phi) is 7.40. The molecule has 0 saturated carbocycles. The Morgan fingerprint density at radius 1 is 1.13 bits per heavy atom. The van der Waals surface area contributed by atoms with Crippen LogP contribution in [-0.4, -0.2) is 76.1 Å². The van der Waals surface area contributed by atoms with Crippen molar-refractivity contribution >= 4 is 34.4 Å². The number of halogens is 1. The molecule has 1 N–H and O–H groups in total. The van der Waals surface area contributed by atoms with Gasteiger partial charge in [-0.05, 0) is 62.9 Å². The zero-order valence-electron chi connectivity index (χ0n) is 22.7. The minimum Gasteiger partial charge on any atom is -0.370 e. The fourth-order valence-electron chi connectivity index (χ4n) is 5.90. The average Bonchev–Trinajstić information content (AvgIpc) is 3.71. The molecule has 5 heterocycles. The number of aromatic nitrogens is 3. The molecule has 10 heteroatoms. The van der Waals surface area contributed by atoms with Gasteiger partial charge in [0.1, 0.15) is 17.5 Å². The molecule has 1 amide bonds. The molecule has 2 saturated heterocycles. The Bertz CT molecular complexity index is 1350. The van der Waals surface area contributed by atoms with E-state index in [0.29, 0.717) is 0 Å². The van der Waals surface area contributed by atoms with Crippen LogP contribution in [0, 0.1) is 5.82 Å². The van der Waals surface area contributed by atoms with Crippen molar-refractivity contribution in [2.45, 2.75) is 51.5 Å². The van der Waals surface area contributed by atoms with E-state index in [4.69, 9.17) is 9.97 Å². The minimum absolute atomic E-state index is 0.00199. The lowest BCUT2D eigenvalue weighted by molar-refractivity contribution is -0.134. The van der Waals surface area contributed by atoms with Gasteiger partial charge in [-0.3, -0.25) is 9.36 Å². The van der Waals surface area contributed by atoms with Crippen molar-refractivity contribution in [1.29, 1.82) is 0 Å². The molecule has 2 fully saturated rings. The largest absolute Gasteiger partial charge is 0.370 e. The maximum atomic E-state index is 13.4.